The lowest BCUT2D eigenvalue weighted by molar-refractivity contribution is -0.137. The van der Waals surface area contributed by atoms with E-state index in [2.05, 4.69) is 19.7 Å². The number of hydrogen-bond donors (Lipinski definition) is 1. The Kier molecular flexibility index (Phi) is 10.3. The van der Waals surface area contributed by atoms with Crippen molar-refractivity contribution in [2.45, 2.75) is 40.9 Å². The van der Waals surface area contributed by atoms with Crippen LogP contribution in [0.3, 0.4) is 0 Å². The highest BCUT2D eigenvalue weighted by Gasteiger charge is 2.21. The van der Waals surface area contributed by atoms with Crippen molar-refractivity contribution in [2.24, 2.45) is 5.92 Å². The molecule has 2 aromatic rings. The Balaban J connectivity index is 2.46. The van der Waals surface area contributed by atoms with Crippen molar-refractivity contribution >= 4 is 23.9 Å². The van der Waals surface area contributed by atoms with E-state index in [1.54, 1.807) is 13.8 Å². The summed E-state index contributed by atoms with van der Waals surface area (Å²) < 4.78 is 26.7. The van der Waals surface area contributed by atoms with Gasteiger partial charge in [0, 0.05) is 34.4 Å². The van der Waals surface area contributed by atoms with Crippen molar-refractivity contribution in [2.75, 3.05) is 0 Å². The van der Waals surface area contributed by atoms with Crippen molar-refractivity contribution in [1.29, 1.82) is 0 Å². The van der Waals surface area contributed by atoms with E-state index in [1.807, 2.05) is 0 Å². The third kappa shape index (κ3) is 8.97. The van der Waals surface area contributed by atoms with Crippen molar-refractivity contribution in [3.8, 4) is 28.7 Å². The van der Waals surface area contributed by atoms with Crippen molar-refractivity contribution < 1.29 is 48.0 Å². The molecule has 0 saturated carbocycles. The number of benzene rings is 2. The Hall–Kier alpha value is -4.70. The zero-order valence-corrected chi connectivity index (χ0v) is 22.4. The van der Waals surface area contributed by atoms with Crippen LogP contribution in [0, 0.1) is 5.92 Å². The third-order valence-corrected chi connectivity index (χ3v) is 4.70. The number of aliphatic hydroxyl groups excluding tert-OH is 1. The summed E-state index contributed by atoms with van der Waals surface area (Å²) >= 11 is 0. The number of hydrogen-bond acceptors (Lipinski definition) is 10. The van der Waals surface area contributed by atoms with E-state index < -0.39 is 36.1 Å². The smallest absolute Gasteiger partial charge is 0.338 e. The number of aliphatic hydroxyl groups is 1. The molecule has 1 atom stereocenters. The van der Waals surface area contributed by atoms with E-state index >= 15 is 0 Å². The maximum Gasteiger partial charge on any atom is 0.338 e. The van der Waals surface area contributed by atoms with Gasteiger partial charge in [0.05, 0.1) is 5.92 Å². The second kappa shape index (κ2) is 13.2. The quantitative estimate of drug-likeness (QED) is 0.185. The minimum absolute atomic E-state index is 0.0191. The van der Waals surface area contributed by atoms with Gasteiger partial charge in [0.1, 0.15) is 17.2 Å². The summed E-state index contributed by atoms with van der Waals surface area (Å²) in [6, 6.07) is 7.76. The van der Waals surface area contributed by atoms with Crippen LogP contribution in [-0.2, 0) is 19.2 Å². The van der Waals surface area contributed by atoms with Crippen LogP contribution >= 0.6 is 0 Å². The van der Waals surface area contributed by atoms with Crippen LogP contribution in [0.1, 0.15) is 46.5 Å². The zero-order chi connectivity index (χ0) is 29.4. The Morgan fingerprint density at radius 1 is 0.667 bits per heavy atom. The molecule has 1 N–H and O–H groups in total. The van der Waals surface area contributed by atoms with E-state index in [1.165, 1.54) is 57.2 Å². The Bertz CT molecular complexity index is 1340. The van der Waals surface area contributed by atoms with Crippen LogP contribution in [0.15, 0.2) is 72.9 Å². The molecule has 0 bridgehead atoms. The van der Waals surface area contributed by atoms with Crippen LogP contribution < -0.4 is 23.7 Å². The molecule has 0 aliphatic heterocycles. The van der Waals surface area contributed by atoms with Gasteiger partial charge in [-0.1, -0.05) is 33.6 Å². The molecule has 0 aromatic heterocycles. The first-order valence-electron chi connectivity index (χ1n) is 11.7. The van der Waals surface area contributed by atoms with Gasteiger partial charge in [0.25, 0.3) is 0 Å². The minimum atomic E-state index is -1.73. The molecule has 39 heavy (non-hydrogen) atoms. The standard InChI is InChI=1S/C29H30O10/c1-15(2)25(30)35-20-9-10-23(24(14-20)39-28(33)18(7)8)38-29(34)19-11-21(36-26(31)16(3)4)13-22(12-19)37-27(32)17(5)6/h9-14,17,29,34H,1,3,7H2,2,4-6,8H3. The van der Waals surface area contributed by atoms with Crippen molar-refractivity contribution in [3.63, 3.8) is 0 Å². The normalized spacial score (nSPS) is 11.2. The minimum Gasteiger partial charge on any atom is -0.457 e. The number of carbonyl (C=O) groups is 4. The van der Waals surface area contributed by atoms with Gasteiger partial charge in [-0.25, -0.2) is 14.4 Å². The molecule has 2 rings (SSSR count). The molecule has 0 fully saturated rings. The molecule has 0 amide bonds. The van der Waals surface area contributed by atoms with Crippen LogP contribution in [0.25, 0.3) is 0 Å². The Labute approximate surface area is 226 Å². The van der Waals surface area contributed by atoms with E-state index in [0.29, 0.717) is 0 Å². The molecule has 0 aliphatic rings. The fraction of sp³-hybridized carbons (Fsp3) is 0.241. The maximum atomic E-state index is 12.2. The second-order valence-corrected chi connectivity index (χ2v) is 8.90. The van der Waals surface area contributed by atoms with Gasteiger partial charge in [0.15, 0.2) is 11.5 Å². The summed E-state index contributed by atoms with van der Waals surface area (Å²) in [5, 5.41) is 10.9. The summed E-state index contributed by atoms with van der Waals surface area (Å²) in [5.41, 5.74) is 0.375. The number of ether oxygens (including phenoxy) is 5. The van der Waals surface area contributed by atoms with Crippen LogP contribution in [0.4, 0.5) is 0 Å². The molecular weight excluding hydrogens is 508 g/mol. The van der Waals surface area contributed by atoms with Crippen molar-refractivity contribution in [3.05, 3.63) is 78.4 Å². The van der Waals surface area contributed by atoms with Gasteiger partial charge in [-0.15, -0.1) is 0 Å². The third-order valence-electron chi connectivity index (χ3n) is 4.70. The van der Waals surface area contributed by atoms with Crippen LogP contribution in [0.2, 0.25) is 0 Å². The van der Waals surface area contributed by atoms with E-state index in [0.717, 1.165) is 0 Å². The average Bonchev–Trinajstić information content (AvgIpc) is 2.84. The molecule has 10 heteroatoms. The molecule has 0 aliphatic carbocycles. The largest absolute Gasteiger partial charge is 0.457 e. The predicted octanol–water partition coefficient (Wildman–Crippen LogP) is 4.76. The summed E-state index contributed by atoms with van der Waals surface area (Å²) in [6.07, 6.45) is -1.73. The number of esters is 4. The first kappa shape index (κ1) is 30.5. The molecule has 206 valence electrons. The van der Waals surface area contributed by atoms with E-state index in [9.17, 15) is 24.3 Å². The first-order chi connectivity index (χ1) is 18.2. The molecule has 0 heterocycles. The van der Waals surface area contributed by atoms with Gasteiger partial charge in [0.2, 0.25) is 6.29 Å². The van der Waals surface area contributed by atoms with Gasteiger partial charge in [-0.2, -0.15) is 0 Å². The highest BCUT2D eigenvalue weighted by atomic mass is 16.6. The van der Waals surface area contributed by atoms with Gasteiger partial charge in [-0.05, 0) is 45.0 Å². The lowest BCUT2D eigenvalue weighted by Crippen LogP contribution is -2.16. The van der Waals surface area contributed by atoms with Crippen molar-refractivity contribution in [1.82, 2.24) is 0 Å². The Morgan fingerprint density at radius 3 is 1.67 bits per heavy atom. The Morgan fingerprint density at radius 2 is 1.15 bits per heavy atom. The second-order valence-electron chi connectivity index (χ2n) is 8.90. The van der Waals surface area contributed by atoms with E-state index in [-0.39, 0.29) is 51.0 Å². The molecule has 0 spiro atoms. The molecule has 2 aromatic carbocycles. The fourth-order valence-electron chi connectivity index (χ4n) is 2.58. The van der Waals surface area contributed by atoms with Crippen LogP contribution in [0.5, 0.6) is 28.7 Å². The van der Waals surface area contributed by atoms with Gasteiger partial charge in [-0.3, -0.25) is 4.79 Å². The zero-order valence-electron chi connectivity index (χ0n) is 22.4. The lowest BCUT2D eigenvalue weighted by atomic mass is 10.1. The summed E-state index contributed by atoms with van der Waals surface area (Å²) in [6.45, 7) is 18.2. The van der Waals surface area contributed by atoms with Crippen LogP contribution in [-0.4, -0.2) is 29.0 Å². The number of carbonyl (C=O) groups excluding carboxylic acids is 4. The molecular formula is C29H30O10. The molecule has 1 unspecified atom stereocenters. The van der Waals surface area contributed by atoms with Gasteiger partial charge < -0.3 is 28.8 Å². The highest BCUT2D eigenvalue weighted by Crippen LogP contribution is 2.36. The predicted molar refractivity (Wildman–Crippen MR) is 140 cm³/mol. The summed E-state index contributed by atoms with van der Waals surface area (Å²) in [7, 11) is 0. The molecule has 0 saturated heterocycles. The molecule has 0 radical (unpaired) electrons. The molecule has 10 nitrogen and oxygen atoms in total. The highest BCUT2D eigenvalue weighted by molar-refractivity contribution is 5.90. The SMILES string of the molecule is C=C(C)C(=O)Oc1cc(OC(=O)C(C)C)cc(C(O)Oc2ccc(OC(=O)C(=C)C)cc2OC(=O)C(=C)C)c1. The lowest BCUT2D eigenvalue weighted by Gasteiger charge is -2.19. The van der Waals surface area contributed by atoms with E-state index in [4.69, 9.17) is 23.7 Å². The topological polar surface area (TPSA) is 135 Å². The first-order valence-corrected chi connectivity index (χ1v) is 11.7. The van der Waals surface area contributed by atoms with Gasteiger partial charge >= 0.3 is 23.9 Å². The summed E-state index contributed by atoms with van der Waals surface area (Å²) in [5.74, 6) is -3.61. The maximum absolute atomic E-state index is 12.2. The average molecular weight is 539 g/mol. The summed E-state index contributed by atoms with van der Waals surface area (Å²) in [4.78, 5) is 48.3. The fourth-order valence-corrected chi connectivity index (χ4v) is 2.58. The monoisotopic (exact) mass is 538 g/mol. The number of rotatable bonds is 11.